The molecule has 1 aromatic heterocycles. The topological polar surface area (TPSA) is 91.7 Å². The molecule has 0 bridgehead atoms. The molecule has 2 aliphatic rings. The van der Waals surface area contributed by atoms with Crippen LogP contribution in [-0.4, -0.2) is 66.7 Å². The Hall–Kier alpha value is -1.87. The molecule has 2 saturated heterocycles. The fraction of sp³-hybridized carbons (Fsp3) is 0.684. The number of piperidine rings is 1. The van der Waals surface area contributed by atoms with Gasteiger partial charge in [-0.05, 0) is 38.2 Å². The van der Waals surface area contributed by atoms with Crippen molar-refractivity contribution in [3.63, 3.8) is 0 Å². The molecule has 156 valence electrons. The quantitative estimate of drug-likeness (QED) is 0.763. The van der Waals surface area contributed by atoms with Crippen LogP contribution in [0.3, 0.4) is 0 Å². The van der Waals surface area contributed by atoms with Gasteiger partial charge in [0.15, 0.2) is 0 Å². The van der Waals surface area contributed by atoms with E-state index in [9.17, 15) is 18.0 Å². The maximum atomic E-state index is 13.0. The van der Waals surface area contributed by atoms with Gasteiger partial charge in [-0.15, -0.1) is 0 Å². The molecule has 2 fully saturated rings. The molecule has 0 saturated carbocycles. The van der Waals surface area contributed by atoms with Crippen molar-refractivity contribution in [1.29, 1.82) is 0 Å². The van der Waals surface area contributed by atoms with Crippen molar-refractivity contribution in [2.45, 2.75) is 43.9 Å². The molecule has 8 nitrogen and oxygen atoms in total. The second-order valence-corrected chi connectivity index (χ2v) is 9.58. The number of likely N-dealkylation sites (tertiary alicyclic amines) is 1. The van der Waals surface area contributed by atoms with Crippen LogP contribution in [0.15, 0.2) is 17.2 Å². The zero-order chi connectivity index (χ0) is 20.3. The van der Waals surface area contributed by atoms with Gasteiger partial charge in [-0.2, -0.15) is 4.31 Å². The maximum absolute atomic E-state index is 13.0. The van der Waals surface area contributed by atoms with Gasteiger partial charge in [-0.1, -0.05) is 6.92 Å². The summed E-state index contributed by atoms with van der Waals surface area (Å²) in [6.45, 7) is 4.72. The van der Waals surface area contributed by atoms with Crippen molar-refractivity contribution in [3.8, 4) is 0 Å². The highest BCUT2D eigenvalue weighted by atomic mass is 32.2. The van der Waals surface area contributed by atoms with E-state index in [0.29, 0.717) is 38.2 Å². The highest BCUT2D eigenvalue weighted by molar-refractivity contribution is 7.89. The average molecular weight is 411 g/mol. The lowest BCUT2D eigenvalue weighted by Crippen LogP contribution is -2.43. The van der Waals surface area contributed by atoms with E-state index in [2.05, 4.69) is 5.32 Å². The Morgan fingerprint density at radius 1 is 1.14 bits per heavy atom. The lowest BCUT2D eigenvalue weighted by atomic mass is 9.97. The maximum Gasteiger partial charge on any atom is 0.270 e. The summed E-state index contributed by atoms with van der Waals surface area (Å²) in [7, 11) is -1.98. The number of aryl methyl sites for hydroxylation is 1. The molecule has 2 amide bonds. The SMILES string of the molecule is CCCNC(=O)C1CCN(S(=O)(=O)c2cc(C(=O)N3CCCC3)n(C)c2)CC1. The molecule has 1 aromatic rings. The predicted molar refractivity (Wildman–Crippen MR) is 105 cm³/mol. The van der Waals surface area contributed by atoms with Crippen molar-refractivity contribution in [1.82, 2.24) is 19.1 Å². The molecular weight excluding hydrogens is 380 g/mol. The van der Waals surface area contributed by atoms with Crippen LogP contribution in [0.4, 0.5) is 0 Å². The molecule has 3 rings (SSSR count). The molecule has 0 radical (unpaired) electrons. The number of carbonyl (C=O) groups excluding carboxylic acids is 2. The highest BCUT2D eigenvalue weighted by Gasteiger charge is 2.33. The smallest absolute Gasteiger partial charge is 0.270 e. The number of nitrogens with one attached hydrogen (secondary N) is 1. The van der Waals surface area contributed by atoms with Crippen LogP contribution in [0.2, 0.25) is 0 Å². The van der Waals surface area contributed by atoms with Crippen LogP contribution < -0.4 is 5.32 Å². The first-order chi connectivity index (χ1) is 13.3. The van der Waals surface area contributed by atoms with E-state index in [1.165, 1.54) is 16.6 Å². The summed E-state index contributed by atoms with van der Waals surface area (Å²) in [6, 6.07) is 1.48. The van der Waals surface area contributed by atoms with Gasteiger partial charge in [0.25, 0.3) is 5.91 Å². The molecular formula is C19H30N4O4S. The van der Waals surface area contributed by atoms with Gasteiger partial charge in [0.2, 0.25) is 15.9 Å². The summed E-state index contributed by atoms with van der Waals surface area (Å²) in [5.74, 6) is -0.245. The minimum absolute atomic E-state index is 0.0112. The second kappa shape index (κ2) is 8.65. The number of hydrogen-bond donors (Lipinski definition) is 1. The van der Waals surface area contributed by atoms with E-state index in [4.69, 9.17) is 0 Å². The van der Waals surface area contributed by atoms with E-state index in [1.807, 2.05) is 6.92 Å². The Balaban J connectivity index is 1.68. The Morgan fingerprint density at radius 2 is 1.79 bits per heavy atom. The molecule has 0 unspecified atom stereocenters. The van der Waals surface area contributed by atoms with E-state index in [0.717, 1.165) is 32.4 Å². The number of carbonyl (C=O) groups is 2. The second-order valence-electron chi connectivity index (χ2n) is 7.64. The van der Waals surface area contributed by atoms with E-state index in [-0.39, 0.29) is 22.6 Å². The third-order valence-corrected chi connectivity index (χ3v) is 7.47. The molecule has 0 aliphatic carbocycles. The largest absolute Gasteiger partial charge is 0.356 e. The molecule has 28 heavy (non-hydrogen) atoms. The molecule has 0 spiro atoms. The minimum Gasteiger partial charge on any atom is -0.356 e. The minimum atomic E-state index is -3.68. The van der Waals surface area contributed by atoms with Crippen molar-refractivity contribution in [3.05, 3.63) is 18.0 Å². The monoisotopic (exact) mass is 410 g/mol. The first-order valence-corrected chi connectivity index (χ1v) is 11.5. The molecule has 1 N–H and O–H groups in total. The van der Waals surface area contributed by atoms with Crippen molar-refractivity contribution >= 4 is 21.8 Å². The number of aromatic nitrogens is 1. The van der Waals surface area contributed by atoms with Crippen molar-refractivity contribution < 1.29 is 18.0 Å². The standard InChI is InChI=1S/C19H30N4O4S/c1-3-8-20-18(24)15-6-11-23(12-7-15)28(26,27)16-13-17(21(2)14-16)19(25)22-9-4-5-10-22/h13-15H,3-12H2,1-2H3,(H,20,24). The molecule has 9 heteroatoms. The molecule has 2 aliphatic heterocycles. The van der Waals surface area contributed by atoms with Gasteiger partial charge in [-0.3, -0.25) is 9.59 Å². The van der Waals surface area contributed by atoms with E-state index in [1.54, 1.807) is 16.5 Å². The van der Waals surface area contributed by atoms with Gasteiger partial charge in [-0.25, -0.2) is 8.42 Å². The van der Waals surface area contributed by atoms with Crippen LogP contribution in [0, 0.1) is 5.92 Å². The summed E-state index contributed by atoms with van der Waals surface area (Å²) in [5, 5.41) is 2.88. The fourth-order valence-electron chi connectivity index (χ4n) is 3.87. The van der Waals surface area contributed by atoms with Crippen LogP contribution in [0.5, 0.6) is 0 Å². The zero-order valence-electron chi connectivity index (χ0n) is 16.7. The summed E-state index contributed by atoms with van der Waals surface area (Å²) >= 11 is 0. The Labute approximate surface area is 166 Å². The summed E-state index contributed by atoms with van der Waals surface area (Å²) in [4.78, 5) is 26.7. The van der Waals surface area contributed by atoms with Crippen LogP contribution in [0.1, 0.15) is 49.5 Å². The average Bonchev–Trinajstić information content (AvgIpc) is 3.36. The highest BCUT2D eigenvalue weighted by Crippen LogP contribution is 2.26. The summed E-state index contributed by atoms with van der Waals surface area (Å²) in [6.07, 6.45) is 5.40. The van der Waals surface area contributed by atoms with Crippen LogP contribution >= 0.6 is 0 Å². The lowest BCUT2D eigenvalue weighted by Gasteiger charge is -2.30. The first kappa shape index (κ1) is 20.9. The third kappa shape index (κ3) is 4.25. The molecule has 0 aromatic carbocycles. The van der Waals surface area contributed by atoms with Gasteiger partial charge >= 0.3 is 0 Å². The van der Waals surface area contributed by atoms with Crippen molar-refractivity contribution in [2.24, 2.45) is 13.0 Å². The van der Waals surface area contributed by atoms with E-state index >= 15 is 0 Å². The lowest BCUT2D eigenvalue weighted by molar-refractivity contribution is -0.126. The number of sulfonamides is 1. The first-order valence-electron chi connectivity index (χ1n) is 10.1. The van der Waals surface area contributed by atoms with Gasteiger partial charge in [0, 0.05) is 51.9 Å². The third-order valence-electron chi connectivity index (χ3n) is 5.60. The normalized spacial score (nSPS) is 19.1. The number of amides is 2. The summed E-state index contributed by atoms with van der Waals surface area (Å²) in [5.41, 5.74) is 0.398. The number of hydrogen-bond acceptors (Lipinski definition) is 4. The Bertz CT molecular complexity index is 819. The zero-order valence-corrected chi connectivity index (χ0v) is 17.5. The predicted octanol–water partition coefficient (Wildman–Crippen LogP) is 1.19. The van der Waals surface area contributed by atoms with Crippen molar-refractivity contribution in [2.75, 3.05) is 32.7 Å². The van der Waals surface area contributed by atoms with Crippen LogP contribution in [0.25, 0.3) is 0 Å². The number of rotatable bonds is 6. The summed E-state index contributed by atoms with van der Waals surface area (Å²) < 4.78 is 29.1. The van der Waals surface area contributed by atoms with Gasteiger partial charge < -0.3 is 14.8 Å². The Morgan fingerprint density at radius 3 is 2.39 bits per heavy atom. The molecule has 0 atom stereocenters. The Kier molecular flexibility index (Phi) is 6.44. The van der Waals surface area contributed by atoms with Gasteiger partial charge in [0.05, 0.1) is 0 Å². The van der Waals surface area contributed by atoms with Gasteiger partial charge in [0.1, 0.15) is 10.6 Å². The van der Waals surface area contributed by atoms with Crippen LogP contribution in [-0.2, 0) is 21.9 Å². The van der Waals surface area contributed by atoms with E-state index < -0.39 is 10.0 Å². The number of nitrogens with zero attached hydrogens (tertiary/aromatic N) is 3. The molecule has 3 heterocycles. The fourth-order valence-corrected chi connectivity index (χ4v) is 5.41.